The van der Waals surface area contributed by atoms with Crippen LogP contribution in [0.25, 0.3) is 0 Å². The fourth-order valence-corrected chi connectivity index (χ4v) is 4.53. The first kappa shape index (κ1) is 24.9. The highest BCUT2D eigenvalue weighted by Crippen LogP contribution is 2.30. The summed E-state index contributed by atoms with van der Waals surface area (Å²) in [6.07, 6.45) is 5.43. The van der Waals surface area contributed by atoms with E-state index in [-0.39, 0.29) is 12.4 Å². The molecule has 2 aromatic rings. The molecule has 2 aromatic carbocycles. The van der Waals surface area contributed by atoms with E-state index in [4.69, 9.17) is 10.5 Å². The number of carbonyl (C=O) groups is 2. The van der Waals surface area contributed by atoms with Gasteiger partial charge in [0.15, 0.2) is 5.78 Å². The molecule has 0 bridgehead atoms. The maximum atomic E-state index is 12.8. The summed E-state index contributed by atoms with van der Waals surface area (Å²) in [5.41, 5.74) is 8.03. The number of rotatable bonds is 10. The molecular weight excluding hydrogens is 442 g/mol. The quantitative estimate of drug-likeness (QED) is 0.513. The Bertz CT molecular complexity index is 1060. The average molecular weight is 476 g/mol. The van der Waals surface area contributed by atoms with Crippen molar-refractivity contribution in [3.63, 3.8) is 0 Å². The maximum Gasteiger partial charge on any atom is 0.230 e. The second-order valence-electron chi connectivity index (χ2n) is 9.05. The summed E-state index contributed by atoms with van der Waals surface area (Å²) in [5, 5.41) is 10.9. The summed E-state index contributed by atoms with van der Waals surface area (Å²) in [4.78, 5) is 29.6. The number of ketones is 1. The molecule has 1 saturated heterocycles. The Balaban J connectivity index is 1.26. The predicted octanol–water partition coefficient (Wildman–Crippen LogP) is 2.66. The van der Waals surface area contributed by atoms with Gasteiger partial charge in [0.1, 0.15) is 5.92 Å². The van der Waals surface area contributed by atoms with Gasteiger partial charge in [-0.2, -0.15) is 0 Å². The topological polar surface area (TPSA) is 96.1 Å². The van der Waals surface area contributed by atoms with Crippen molar-refractivity contribution in [1.29, 1.82) is 0 Å². The molecule has 0 spiro atoms. The number of aliphatic hydroxyl groups is 1. The standard InChI is InChI=1S/C28H33N3O4/c29-27(33)25-20-23(13-14-28(25,34)35-21-22-8-3-1-4-9-22)26(32)12-7-15-30-16-18-31(19-17-30)24-10-5-2-6-11-24/h1-6,8-11,13-14,20,25,34H,7,12,15-19,21H2,(H2,29,33). The number of ether oxygens (including phenoxy) is 1. The van der Waals surface area contributed by atoms with E-state index >= 15 is 0 Å². The normalized spacial score (nSPS) is 22.6. The van der Waals surface area contributed by atoms with Crippen molar-refractivity contribution in [2.45, 2.75) is 25.2 Å². The van der Waals surface area contributed by atoms with Crippen LogP contribution in [0.1, 0.15) is 18.4 Å². The lowest BCUT2D eigenvalue weighted by atomic mass is 9.87. The van der Waals surface area contributed by atoms with E-state index in [1.54, 1.807) is 0 Å². The Hall–Kier alpha value is -3.26. The van der Waals surface area contributed by atoms with Gasteiger partial charge in [-0.05, 0) is 36.7 Å². The van der Waals surface area contributed by atoms with Gasteiger partial charge in [0.25, 0.3) is 0 Å². The van der Waals surface area contributed by atoms with Gasteiger partial charge >= 0.3 is 0 Å². The number of piperazine rings is 1. The number of para-hydroxylation sites is 1. The number of allylic oxidation sites excluding steroid dienone is 2. The van der Waals surface area contributed by atoms with Gasteiger partial charge in [-0.3, -0.25) is 14.5 Å². The first-order valence-electron chi connectivity index (χ1n) is 12.1. The van der Waals surface area contributed by atoms with E-state index in [9.17, 15) is 14.7 Å². The van der Waals surface area contributed by atoms with Crippen molar-refractivity contribution in [3.05, 3.63) is 90.0 Å². The lowest BCUT2D eigenvalue weighted by Gasteiger charge is -2.36. The van der Waals surface area contributed by atoms with Crippen LogP contribution in [0.15, 0.2) is 84.5 Å². The minimum atomic E-state index is -1.89. The lowest BCUT2D eigenvalue weighted by molar-refractivity contribution is -0.200. The van der Waals surface area contributed by atoms with E-state index in [1.807, 2.05) is 36.4 Å². The Kier molecular flexibility index (Phi) is 8.13. The number of nitrogens with two attached hydrogens (primary N) is 1. The molecule has 7 heteroatoms. The van der Waals surface area contributed by atoms with Gasteiger partial charge in [-0.25, -0.2) is 0 Å². The van der Waals surface area contributed by atoms with Crippen LogP contribution in [0.5, 0.6) is 0 Å². The summed E-state index contributed by atoms with van der Waals surface area (Å²) < 4.78 is 5.66. The number of benzene rings is 2. The second kappa shape index (κ2) is 11.4. The molecule has 2 aliphatic rings. The molecular formula is C28H33N3O4. The molecule has 1 amide bonds. The van der Waals surface area contributed by atoms with Gasteiger partial charge in [0, 0.05) is 43.9 Å². The number of hydrogen-bond acceptors (Lipinski definition) is 6. The number of carbonyl (C=O) groups excluding carboxylic acids is 2. The van der Waals surface area contributed by atoms with E-state index in [1.165, 1.54) is 23.9 Å². The van der Waals surface area contributed by atoms with Crippen molar-refractivity contribution < 1.29 is 19.4 Å². The highest BCUT2D eigenvalue weighted by atomic mass is 16.6. The first-order valence-corrected chi connectivity index (χ1v) is 12.1. The Morgan fingerprint density at radius 2 is 1.66 bits per heavy atom. The molecule has 0 radical (unpaired) electrons. The molecule has 4 rings (SSSR count). The molecule has 2 unspecified atom stereocenters. The van der Waals surface area contributed by atoms with Gasteiger partial charge in [-0.1, -0.05) is 60.7 Å². The summed E-state index contributed by atoms with van der Waals surface area (Å²) in [6.45, 7) is 4.80. The highest BCUT2D eigenvalue weighted by Gasteiger charge is 2.41. The number of primary amides is 1. The molecule has 1 heterocycles. The van der Waals surface area contributed by atoms with Crippen LogP contribution in [0.3, 0.4) is 0 Å². The molecule has 1 fully saturated rings. The van der Waals surface area contributed by atoms with Gasteiger partial charge in [-0.15, -0.1) is 0 Å². The first-order chi connectivity index (χ1) is 16.9. The number of hydrogen-bond donors (Lipinski definition) is 2. The van der Waals surface area contributed by atoms with E-state index in [2.05, 4.69) is 34.1 Å². The molecule has 0 saturated carbocycles. The lowest BCUT2D eigenvalue weighted by Crippen LogP contribution is -2.47. The minimum absolute atomic E-state index is 0.0690. The van der Waals surface area contributed by atoms with E-state index in [0.717, 1.165) is 44.7 Å². The van der Waals surface area contributed by atoms with Crippen molar-refractivity contribution in [2.24, 2.45) is 11.7 Å². The van der Waals surface area contributed by atoms with Crippen molar-refractivity contribution >= 4 is 17.4 Å². The maximum absolute atomic E-state index is 12.8. The zero-order chi connectivity index (χ0) is 24.7. The van der Waals surface area contributed by atoms with Gasteiger partial charge in [0.05, 0.1) is 6.61 Å². The van der Waals surface area contributed by atoms with Crippen LogP contribution < -0.4 is 10.6 Å². The fraction of sp³-hybridized carbons (Fsp3) is 0.357. The fourth-order valence-electron chi connectivity index (χ4n) is 4.53. The number of Topliss-reactive ketones (excluding diaryl/α,β-unsaturated/α-hetero) is 1. The molecule has 0 aromatic heterocycles. The monoisotopic (exact) mass is 475 g/mol. The molecule has 2 atom stereocenters. The Morgan fingerprint density at radius 3 is 2.31 bits per heavy atom. The van der Waals surface area contributed by atoms with Crippen LogP contribution >= 0.6 is 0 Å². The third-order valence-corrected chi connectivity index (χ3v) is 6.61. The number of anilines is 1. The van der Waals surface area contributed by atoms with Gasteiger partial charge in [0.2, 0.25) is 11.7 Å². The predicted molar refractivity (Wildman–Crippen MR) is 135 cm³/mol. The number of nitrogens with zero attached hydrogens (tertiary/aromatic N) is 2. The Morgan fingerprint density at radius 1 is 1.00 bits per heavy atom. The van der Waals surface area contributed by atoms with Crippen molar-refractivity contribution in [2.75, 3.05) is 37.6 Å². The third-order valence-electron chi connectivity index (χ3n) is 6.61. The molecule has 1 aliphatic heterocycles. The van der Waals surface area contributed by atoms with Crippen LogP contribution in [0, 0.1) is 5.92 Å². The van der Waals surface area contributed by atoms with Crippen LogP contribution in [0.4, 0.5) is 5.69 Å². The SMILES string of the molecule is NC(=O)C1C=C(C(=O)CCCN2CCN(c3ccccc3)CC2)C=CC1(O)OCc1ccccc1. The van der Waals surface area contributed by atoms with Crippen LogP contribution in [0.2, 0.25) is 0 Å². The molecule has 3 N–H and O–H groups in total. The van der Waals surface area contributed by atoms with Crippen molar-refractivity contribution in [1.82, 2.24) is 4.90 Å². The largest absolute Gasteiger partial charge is 0.369 e. The third kappa shape index (κ3) is 6.45. The molecule has 7 nitrogen and oxygen atoms in total. The summed E-state index contributed by atoms with van der Waals surface area (Å²) in [7, 11) is 0. The smallest absolute Gasteiger partial charge is 0.230 e. The molecule has 1 aliphatic carbocycles. The van der Waals surface area contributed by atoms with Crippen molar-refractivity contribution in [3.8, 4) is 0 Å². The summed E-state index contributed by atoms with van der Waals surface area (Å²) in [6, 6.07) is 19.7. The Labute approximate surface area is 206 Å². The zero-order valence-electron chi connectivity index (χ0n) is 19.9. The van der Waals surface area contributed by atoms with Gasteiger partial charge < -0.3 is 20.5 Å². The minimum Gasteiger partial charge on any atom is -0.369 e. The summed E-state index contributed by atoms with van der Waals surface area (Å²) in [5.74, 6) is -3.84. The molecule has 35 heavy (non-hydrogen) atoms. The van der Waals surface area contributed by atoms with Crippen LogP contribution in [-0.2, 0) is 20.9 Å². The average Bonchev–Trinajstić information content (AvgIpc) is 2.89. The van der Waals surface area contributed by atoms with Crippen LogP contribution in [-0.4, -0.2) is 60.2 Å². The van der Waals surface area contributed by atoms with E-state index < -0.39 is 17.6 Å². The number of amides is 1. The highest BCUT2D eigenvalue weighted by molar-refractivity contribution is 5.99. The van der Waals surface area contributed by atoms with E-state index in [0.29, 0.717) is 12.0 Å². The zero-order valence-corrected chi connectivity index (χ0v) is 19.9. The second-order valence-corrected chi connectivity index (χ2v) is 9.05. The summed E-state index contributed by atoms with van der Waals surface area (Å²) >= 11 is 0. The molecule has 184 valence electrons.